The van der Waals surface area contributed by atoms with Crippen LogP contribution in [0.4, 0.5) is 5.69 Å². The van der Waals surface area contributed by atoms with Crippen LogP contribution in [-0.2, 0) is 19.1 Å². The van der Waals surface area contributed by atoms with E-state index in [0.717, 1.165) is 26.1 Å². The second-order valence-corrected chi connectivity index (χ2v) is 8.47. The number of piperidine rings is 1. The number of nitro benzene ring substituents is 1. The molecule has 0 saturated carbocycles. The van der Waals surface area contributed by atoms with Gasteiger partial charge in [-0.25, -0.2) is 4.79 Å². The van der Waals surface area contributed by atoms with Gasteiger partial charge in [0, 0.05) is 36.0 Å². The number of likely N-dealkylation sites (tertiary alicyclic amines) is 1. The number of esters is 2. The highest BCUT2D eigenvalue weighted by molar-refractivity contribution is 6.06. The molecule has 0 amide bonds. The van der Waals surface area contributed by atoms with Gasteiger partial charge in [0.25, 0.3) is 5.69 Å². The molecule has 9 heteroatoms. The second-order valence-electron chi connectivity index (χ2n) is 8.47. The van der Waals surface area contributed by atoms with Gasteiger partial charge in [0.15, 0.2) is 0 Å². The van der Waals surface area contributed by atoms with Crippen LogP contribution in [0.1, 0.15) is 51.0 Å². The SMILES string of the molecule is COC(=O)C1C(C)=NC(C)=C(C(=O)OCCCN2CCCCC2)C1c1ccc([N+](=O)[O-])cc1. The van der Waals surface area contributed by atoms with Crippen LogP contribution in [0.15, 0.2) is 40.5 Å². The fourth-order valence-electron chi connectivity index (χ4n) is 4.61. The number of carbonyl (C=O) groups excluding carboxylic acids is 2. The predicted octanol–water partition coefficient (Wildman–Crippen LogP) is 3.64. The standard InChI is InChI=1S/C24H31N3O6/c1-16-20(23(28)32-3)22(18-8-10-19(11-9-18)27(30)31)21(17(2)25-16)24(29)33-15-7-14-26-12-5-4-6-13-26/h8-11,20,22H,4-7,12-15H2,1-3H3. The van der Waals surface area contributed by atoms with Gasteiger partial charge in [-0.1, -0.05) is 18.6 Å². The fourth-order valence-corrected chi connectivity index (χ4v) is 4.61. The Bertz CT molecular complexity index is 947. The fraction of sp³-hybridized carbons (Fsp3) is 0.542. The summed E-state index contributed by atoms with van der Waals surface area (Å²) < 4.78 is 10.6. The minimum Gasteiger partial charge on any atom is -0.468 e. The molecule has 0 aromatic heterocycles. The zero-order chi connectivity index (χ0) is 24.0. The van der Waals surface area contributed by atoms with E-state index in [-0.39, 0.29) is 17.9 Å². The quantitative estimate of drug-likeness (QED) is 0.254. The van der Waals surface area contributed by atoms with Gasteiger partial charge in [0.2, 0.25) is 0 Å². The summed E-state index contributed by atoms with van der Waals surface area (Å²) >= 11 is 0. The maximum Gasteiger partial charge on any atom is 0.336 e. The highest BCUT2D eigenvalue weighted by atomic mass is 16.6. The average molecular weight is 458 g/mol. The first-order valence-electron chi connectivity index (χ1n) is 11.3. The summed E-state index contributed by atoms with van der Waals surface area (Å²) in [4.78, 5) is 43.2. The van der Waals surface area contributed by atoms with E-state index in [9.17, 15) is 19.7 Å². The van der Waals surface area contributed by atoms with E-state index in [0.29, 0.717) is 17.0 Å². The van der Waals surface area contributed by atoms with Crippen LogP contribution in [-0.4, -0.2) is 60.8 Å². The molecule has 0 aliphatic carbocycles. The van der Waals surface area contributed by atoms with Gasteiger partial charge in [-0.05, 0) is 51.8 Å². The average Bonchev–Trinajstić information content (AvgIpc) is 2.81. The van der Waals surface area contributed by atoms with E-state index < -0.39 is 28.7 Å². The van der Waals surface area contributed by atoms with Crippen molar-refractivity contribution in [1.82, 2.24) is 4.90 Å². The number of ether oxygens (including phenoxy) is 2. The lowest BCUT2D eigenvalue weighted by Crippen LogP contribution is -2.36. The summed E-state index contributed by atoms with van der Waals surface area (Å²) in [5.74, 6) is -2.58. The number of carbonyl (C=O) groups is 2. The smallest absolute Gasteiger partial charge is 0.336 e. The molecule has 0 spiro atoms. The van der Waals surface area contributed by atoms with Crippen molar-refractivity contribution in [1.29, 1.82) is 0 Å². The number of non-ortho nitro benzene ring substituents is 1. The van der Waals surface area contributed by atoms with E-state index in [1.165, 1.54) is 38.5 Å². The summed E-state index contributed by atoms with van der Waals surface area (Å²) in [6.07, 6.45) is 4.40. The lowest BCUT2D eigenvalue weighted by atomic mass is 9.75. The van der Waals surface area contributed by atoms with E-state index in [4.69, 9.17) is 9.47 Å². The van der Waals surface area contributed by atoms with E-state index in [2.05, 4.69) is 9.89 Å². The summed E-state index contributed by atoms with van der Waals surface area (Å²) in [7, 11) is 1.28. The molecule has 2 heterocycles. The van der Waals surface area contributed by atoms with Crippen molar-refractivity contribution in [2.75, 3.05) is 33.4 Å². The van der Waals surface area contributed by atoms with Crippen molar-refractivity contribution < 1.29 is 24.0 Å². The maximum atomic E-state index is 13.2. The number of aliphatic imine (C=N–C) groups is 1. The van der Waals surface area contributed by atoms with Gasteiger partial charge in [0.1, 0.15) is 5.92 Å². The number of nitro groups is 1. The third-order valence-corrected chi connectivity index (χ3v) is 6.27. The second kappa shape index (κ2) is 11.2. The minimum atomic E-state index is -0.823. The molecule has 2 atom stereocenters. The molecule has 9 nitrogen and oxygen atoms in total. The number of methoxy groups -OCH3 is 1. The van der Waals surface area contributed by atoms with Crippen LogP contribution in [0.2, 0.25) is 0 Å². The van der Waals surface area contributed by atoms with Crippen molar-refractivity contribution in [3.8, 4) is 0 Å². The zero-order valence-corrected chi connectivity index (χ0v) is 19.4. The Kier molecular flexibility index (Phi) is 8.32. The number of nitrogens with zero attached hydrogens (tertiary/aromatic N) is 3. The number of hydrogen-bond donors (Lipinski definition) is 0. The molecule has 33 heavy (non-hydrogen) atoms. The van der Waals surface area contributed by atoms with Crippen molar-refractivity contribution in [3.05, 3.63) is 51.2 Å². The minimum absolute atomic E-state index is 0.0721. The monoisotopic (exact) mass is 457 g/mol. The van der Waals surface area contributed by atoms with E-state index >= 15 is 0 Å². The predicted molar refractivity (Wildman–Crippen MR) is 123 cm³/mol. The molecule has 0 radical (unpaired) electrons. The van der Waals surface area contributed by atoms with Gasteiger partial charge in [0.05, 0.1) is 24.2 Å². The van der Waals surface area contributed by atoms with Crippen LogP contribution in [0.5, 0.6) is 0 Å². The molecule has 2 unspecified atom stereocenters. The zero-order valence-electron chi connectivity index (χ0n) is 19.4. The summed E-state index contributed by atoms with van der Waals surface area (Å²) in [6, 6.07) is 5.85. The Hall–Kier alpha value is -3.07. The summed E-state index contributed by atoms with van der Waals surface area (Å²) in [5, 5.41) is 11.1. The van der Waals surface area contributed by atoms with Crippen LogP contribution in [0.3, 0.4) is 0 Å². The Morgan fingerprint density at radius 3 is 2.42 bits per heavy atom. The first-order chi connectivity index (χ1) is 15.8. The van der Waals surface area contributed by atoms with Crippen molar-refractivity contribution in [3.63, 3.8) is 0 Å². The highest BCUT2D eigenvalue weighted by Gasteiger charge is 2.42. The van der Waals surface area contributed by atoms with Gasteiger partial charge in [-0.2, -0.15) is 0 Å². The van der Waals surface area contributed by atoms with Crippen LogP contribution in [0, 0.1) is 16.0 Å². The van der Waals surface area contributed by atoms with Crippen LogP contribution in [0.25, 0.3) is 0 Å². The molecular formula is C24H31N3O6. The number of hydrogen-bond acceptors (Lipinski definition) is 8. The molecule has 0 N–H and O–H groups in total. The van der Waals surface area contributed by atoms with Crippen LogP contribution < -0.4 is 0 Å². The van der Waals surface area contributed by atoms with E-state index in [1.807, 2.05) is 0 Å². The first-order valence-corrected chi connectivity index (χ1v) is 11.3. The Morgan fingerprint density at radius 1 is 1.15 bits per heavy atom. The summed E-state index contributed by atoms with van der Waals surface area (Å²) in [5.41, 5.74) is 1.78. The van der Waals surface area contributed by atoms with Gasteiger partial charge < -0.3 is 14.4 Å². The number of rotatable bonds is 8. The molecule has 1 fully saturated rings. The molecular weight excluding hydrogens is 426 g/mol. The Morgan fingerprint density at radius 2 is 1.82 bits per heavy atom. The lowest BCUT2D eigenvalue weighted by molar-refractivity contribution is -0.384. The largest absolute Gasteiger partial charge is 0.468 e. The van der Waals surface area contributed by atoms with Crippen molar-refractivity contribution in [2.45, 2.75) is 45.4 Å². The third kappa shape index (κ3) is 5.84. The van der Waals surface area contributed by atoms with Crippen molar-refractivity contribution in [2.24, 2.45) is 10.9 Å². The maximum absolute atomic E-state index is 13.2. The molecule has 1 saturated heterocycles. The molecule has 2 aliphatic rings. The van der Waals surface area contributed by atoms with Gasteiger partial charge >= 0.3 is 11.9 Å². The molecule has 0 bridgehead atoms. The molecule has 1 aromatic rings. The Labute approximate surface area is 193 Å². The van der Waals surface area contributed by atoms with Crippen LogP contribution >= 0.6 is 0 Å². The van der Waals surface area contributed by atoms with Gasteiger partial charge in [-0.3, -0.25) is 19.9 Å². The van der Waals surface area contributed by atoms with E-state index in [1.54, 1.807) is 26.0 Å². The molecule has 1 aromatic carbocycles. The van der Waals surface area contributed by atoms with Gasteiger partial charge in [-0.15, -0.1) is 0 Å². The molecule has 178 valence electrons. The first kappa shape index (κ1) is 24.6. The highest BCUT2D eigenvalue weighted by Crippen LogP contribution is 2.40. The third-order valence-electron chi connectivity index (χ3n) is 6.27. The molecule has 3 rings (SSSR count). The number of benzene rings is 1. The topological polar surface area (TPSA) is 111 Å². The molecule has 2 aliphatic heterocycles. The summed E-state index contributed by atoms with van der Waals surface area (Å²) in [6.45, 7) is 6.72. The normalized spacial score (nSPS) is 21.4. The van der Waals surface area contributed by atoms with Crippen molar-refractivity contribution >= 4 is 23.3 Å². The Balaban J connectivity index is 1.81. The lowest BCUT2D eigenvalue weighted by Gasteiger charge is -2.31. The number of allylic oxidation sites excluding steroid dienone is 1.